The van der Waals surface area contributed by atoms with Crippen molar-refractivity contribution in [3.05, 3.63) is 0 Å². The lowest BCUT2D eigenvalue weighted by Gasteiger charge is -2.34. The molecule has 0 spiro atoms. The van der Waals surface area contributed by atoms with Crippen LogP contribution in [0, 0.1) is 0 Å². The molecule has 12 heavy (non-hydrogen) atoms. The molecule has 1 aliphatic heterocycles. The van der Waals surface area contributed by atoms with Crippen molar-refractivity contribution in [2.75, 3.05) is 26.3 Å². The van der Waals surface area contributed by atoms with E-state index >= 15 is 0 Å². The highest BCUT2D eigenvalue weighted by Gasteiger charge is 2.23. The van der Waals surface area contributed by atoms with Crippen LogP contribution in [0.3, 0.4) is 0 Å². The molecule has 2 atom stereocenters. The molecular weight excluding hydrogens is 158 g/mol. The Kier molecular flexibility index (Phi) is 3.94. The van der Waals surface area contributed by atoms with Crippen molar-refractivity contribution in [3.8, 4) is 0 Å². The van der Waals surface area contributed by atoms with Gasteiger partial charge in [-0.3, -0.25) is 4.90 Å². The van der Waals surface area contributed by atoms with Crippen LogP contribution in [0.5, 0.6) is 0 Å². The van der Waals surface area contributed by atoms with Crippen LogP contribution >= 0.6 is 0 Å². The smallest absolute Gasteiger partial charge is 0.107 e. The molecule has 1 fully saturated rings. The number of rotatable bonds is 3. The van der Waals surface area contributed by atoms with Gasteiger partial charge in [0.2, 0.25) is 0 Å². The van der Waals surface area contributed by atoms with Crippen LogP contribution in [-0.4, -0.2) is 53.7 Å². The summed E-state index contributed by atoms with van der Waals surface area (Å²) >= 11 is 0. The zero-order valence-corrected chi connectivity index (χ0v) is 7.44. The van der Waals surface area contributed by atoms with Crippen molar-refractivity contribution < 1.29 is 14.9 Å². The highest BCUT2D eigenvalue weighted by molar-refractivity contribution is 4.71. The first-order chi connectivity index (χ1) is 5.77. The molecule has 0 aromatic rings. The fraction of sp³-hybridized carbons (Fsp3) is 1.00. The van der Waals surface area contributed by atoms with Gasteiger partial charge in [0.1, 0.15) is 6.23 Å². The molecule has 0 aromatic heterocycles. The molecule has 0 aliphatic carbocycles. The van der Waals surface area contributed by atoms with Gasteiger partial charge >= 0.3 is 0 Å². The fourth-order valence-electron chi connectivity index (χ4n) is 1.38. The molecule has 0 saturated carbocycles. The minimum atomic E-state index is -0.386. The van der Waals surface area contributed by atoms with Gasteiger partial charge in [-0.2, -0.15) is 0 Å². The van der Waals surface area contributed by atoms with E-state index in [0.29, 0.717) is 13.2 Å². The van der Waals surface area contributed by atoms with Crippen molar-refractivity contribution in [2.45, 2.75) is 25.7 Å². The first-order valence-electron chi connectivity index (χ1n) is 4.42. The Bertz CT molecular complexity index is 129. The van der Waals surface area contributed by atoms with Crippen molar-refractivity contribution >= 4 is 0 Å². The van der Waals surface area contributed by atoms with Crippen LogP contribution in [0.4, 0.5) is 0 Å². The van der Waals surface area contributed by atoms with E-state index < -0.39 is 0 Å². The van der Waals surface area contributed by atoms with Gasteiger partial charge in [-0.25, -0.2) is 0 Å². The SMILES string of the molecule is CCC(O)N1CCOC(CO)C1. The van der Waals surface area contributed by atoms with Gasteiger partial charge in [-0.15, -0.1) is 0 Å². The maximum atomic E-state index is 9.48. The lowest BCUT2D eigenvalue weighted by atomic mass is 10.2. The summed E-state index contributed by atoms with van der Waals surface area (Å²) in [7, 11) is 0. The fourth-order valence-corrected chi connectivity index (χ4v) is 1.38. The zero-order chi connectivity index (χ0) is 8.97. The summed E-state index contributed by atoms with van der Waals surface area (Å²) < 4.78 is 5.25. The molecule has 1 saturated heterocycles. The van der Waals surface area contributed by atoms with Gasteiger partial charge < -0.3 is 14.9 Å². The number of aliphatic hydroxyl groups excluding tert-OH is 2. The third kappa shape index (κ3) is 2.42. The highest BCUT2D eigenvalue weighted by Crippen LogP contribution is 2.08. The van der Waals surface area contributed by atoms with Crippen LogP contribution in [0.15, 0.2) is 0 Å². The summed E-state index contributed by atoms with van der Waals surface area (Å²) in [6.07, 6.45) is 0.209. The minimum absolute atomic E-state index is 0.0347. The highest BCUT2D eigenvalue weighted by atomic mass is 16.5. The van der Waals surface area contributed by atoms with E-state index in [0.717, 1.165) is 13.0 Å². The number of hydrogen-bond acceptors (Lipinski definition) is 4. The molecule has 2 unspecified atom stereocenters. The predicted molar refractivity (Wildman–Crippen MR) is 44.7 cm³/mol. The summed E-state index contributed by atoms with van der Waals surface area (Å²) in [5, 5.41) is 18.3. The summed E-state index contributed by atoms with van der Waals surface area (Å²) in [4.78, 5) is 1.93. The van der Waals surface area contributed by atoms with Crippen molar-refractivity contribution in [1.82, 2.24) is 4.90 Å². The first kappa shape index (κ1) is 9.92. The van der Waals surface area contributed by atoms with Crippen molar-refractivity contribution in [2.24, 2.45) is 0 Å². The standard InChI is InChI=1S/C8H17NO3/c1-2-8(11)9-3-4-12-7(5-9)6-10/h7-8,10-11H,2-6H2,1H3. The quantitative estimate of drug-likeness (QED) is 0.602. The average molecular weight is 175 g/mol. The lowest BCUT2D eigenvalue weighted by molar-refractivity contribution is -0.106. The van der Waals surface area contributed by atoms with Gasteiger partial charge in [0.05, 0.1) is 19.3 Å². The molecule has 1 rings (SSSR count). The number of nitrogens with zero attached hydrogens (tertiary/aromatic N) is 1. The molecule has 0 bridgehead atoms. The van der Waals surface area contributed by atoms with E-state index in [2.05, 4.69) is 0 Å². The van der Waals surface area contributed by atoms with E-state index in [9.17, 15) is 5.11 Å². The maximum Gasteiger partial charge on any atom is 0.107 e. The van der Waals surface area contributed by atoms with E-state index in [1.807, 2.05) is 11.8 Å². The van der Waals surface area contributed by atoms with Crippen LogP contribution in [0.25, 0.3) is 0 Å². The number of hydrogen-bond donors (Lipinski definition) is 2. The first-order valence-corrected chi connectivity index (χ1v) is 4.42. The monoisotopic (exact) mass is 175 g/mol. The Morgan fingerprint density at radius 3 is 3.00 bits per heavy atom. The number of aliphatic hydroxyl groups is 2. The Labute approximate surface area is 72.7 Å². The molecule has 4 heteroatoms. The molecule has 0 amide bonds. The molecule has 4 nitrogen and oxygen atoms in total. The molecule has 0 radical (unpaired) electrons. The molecule has 0 aromatic carbocycles. The number of morpholine rings is 1. The normalized spacial score (nSPS) is 28.8. The molecule has 1 heterocycles. The molecule has 1 aliphatic rings. The van der Waals surface area contributed by atoms with Gasteiger partial charge in [0.25, 0.3) is 0 Å². The Morgan fingerprint density at radius 1 is 1.67 bits per heavy atom. The zero-order valence-electron chi connectivity index (χ0n) is 7.44. The summed E-state index contributed by atoms with van der Waals surface area (Å²) in [6.45, 7) is 3.96. The lowest BCUT2D eigenvalue weighted by Crippen LogP contribution is -2.48. The third-order valence-corrected chi connectivity index (χ3v) is 2.16. The second-order valence-corrected chi connectivity index (χ2v) is 3.06. The van der Waals surface area contributed by atoms with Crippen molar-refractivity contribution in [1.29, 1.82) is 0 Å². The predicted octanol–water partition coefficient (Wildman–Crippen LogP) is -0.592. The van der Waals surface area contributed by atoms with Gasteiger partial charge in [-0.1, -0.05) is 6.92 Å². The van der Waals surface area contributed by atoms with Gasteiger partial charge in [0.15, 0.2) is 0 Å². The summed E-state index contributed by atoms with van der Waals surface area (Å²) in [5.41, 5.74) is 0. The number of ether oxygens (including phenoxy) is 1. The van der Waals surface area contributed by atoms with Gasteiger partial charge in [-0.05, 0) is 6.42 Å². The Balaban J connectivity index is 2.34. The summed E-state index contributed by atoms with van der Waals surface area (Å²) in [6, 6.07) is 0. The minimum Gasteiger partial charge on any atom is -0.394 e. The second-order valence-electron chi connectivity index (χ2n) is 3.06. The average Bonchev–Trinajstić information content (AvgIpc) is 2.17. The second kappa shape index (κ2) is 4.77. The third-order valence-electron chi connectivity index (χ3n) is 2.16. The van der Waals surface area contributed by atoms with E-state index in [1.54, 1.807) is 0 Å². The molecule has 2 N–H and O–H groups in total. The summed E-state index contributed by atoms with van der Waals surface area (Å²) in [5.74, 6) is 0. The van der Waals surface area contributed by atoms with Crippen LogP contribution in [0.1, 0.15) is 13.3 Å². The Morgan fingerprint density at radius 2 is 2.42 bits per heavy atom. The van der Waals surface area contributed by atoms with E-state index in [4.69, 9.17) is 9.84 Å². The largest absolute Gasteiger partial charge is 0.394 e. The molecule has 72 valence electrons. The van der Waals surface area contributed by atoms with Gasteiger partial charge in [0, 0.05) is 13.1 Å². The van der Waals surface area contributed by atoms with Crippen LogP contribution in [-0.2, 0) is 4.74 Å². The molecular formula is C8H17NO3. The van der Waals surface area contributed by atoms with E-state index in [1.165, 1.54) is 0 Å². The Hall–Kier alpha value is -0.160. The van der Waals surface area contributed by atoms with E-state index in [-0.39, 0.29) is 18.9 Å². The van der Waals surface area contributed by atoms with Crippen molar-refractivity contribution in [3.63, 3.8) is 0 Å². The maximum absolute atomic E-state index is 9.48. The van der Waals surface area contributed by atoms with Crippen LogP contribution < -0.4 is 0 Å². The van der Waals surface area contributed by atoms with Crippen LogP contribution in [0.2, 0.25) is 0 Å². The topological polar surface area (TPSA) is 52.9 Å².